The van der Waals surface area contributed by atoms with E-state index in [2.05, 4.69) is 33.4 Å². The largest absolute Gasteiger partial charge is 0.0998 e. The summed E-state index contributed by atoms with van der Waals surface area (Å²) in [6.07, 6.45) is 4.89. The van der Waals surface area contributed by atoms with E-state index in [0.717, 1.165) is 11.8 Å². The van der Waals surface area contributed by atoms with Crippen LogP contribution in [-0.4, -0.2) is 0 Å². The lowest BCUT2D eigenvalue weighted by Gasteiger charge is -2.26. The zero-order valence-corrected chi connectivity index (χ0v) is 9.85. The van der Waals surface area contributed by atoms with E-state index in [-0.39, 0.29) is 0 Å². The van der Waals surface area contributed by atoms with Gasteiger partial charge in [0.1, 0.15) is 0 Å². The molecular weight excluding hydrogens is 156 g/mol. The number of allylic oxidation sites excluding steroid dienone is 3. The Kier molecular flexibility index (Phi) is 5.77. The fourth-order valence-corrected chi connectivity index (χ4v) is 1.64. The lowest BCUT2D eigenvalue weighted by atomic mass is 9.80. The Morgan fingerprint density at radius 1 is 1.46 bits per heavy atom. The summed E-state index contributed by atoms with van der Waals surface area (Å²) in [4.78, 5) is 0. The quantitative estimate of drug-likeness (QED) is 0.518. The molecule has 0 saturated carbocycles. The van der Waals surface area contributed by atoms with Crippen LogP contribution in [0.15, 0.2) is 23.8 Å². The molecule has 0 N–H and O–H groups in total. The van der Waals surface area contributed by atoms with Crippen molar-refractivity contribution in [1.82, 2.24) is 0 Å². The molecule has 1 unspecified atom stereocenters. The first-order chi connectivity index (χ1) is 6.11. The molecule has 1 aliphatic rings. The Hall–Kier alpha value is -0.520. The summed E-state index contributed by atoms with van der Waals surface area (Å²) in [6.45, 7) is 14.7. The average molecular weight is 180 g/mol. The van der Waals surface area contributed by atoms with Crippen LogP contribution >= 0.6 is 0 Å². The molecule has 0 saturated heterocycles. The molecular formula is C13H24. The van der Waals surface area contributed by atoms with Crippen molar-refractivity contribution in [3.05, 3.63) is 23.8 Å². The third-order valence-electron chi connectivity index (χ3n) is 2.84. The van der Waals surface area contributed by atoms with Gasteiger partial charge >= 0.3 is 0 Å². The molecule has 0 fully saturated rings. The molecule has 0 radical (unpaired) electrons. The van der Waals surface area contributed by atoms with Crippen LogP contribution in [-0.2, 0) is 0 Å². The lowest BCUT2D eigenvalue weighted by molar-refractivity contribution is 0.450. The van der Waals surface area contributed by atoms with Gasteiger partial charge in [0, 0.05) is 0 Å². The fourth-order valence-electron chi connectivity index (χ4n) is 1.64. The zero-order chi connectivity index (χ0) is 10.4. The minimum atomic E-state index is 0.744. The minimum absolute atomic E-state index is 0.744. The average Bonchev–Trinajstić information content (AvgIpc) is 2.13. The molecule has 2 atom stereocenters. The summed E-state index contributed by atoms with van der Waals surface area (Å²) in [5, 5.41) is 0. The van der Waals surface area contributed by atoms with Gasteiger partial charge in [-0.1, -0.05) is 44.6 Å². The molecule has 0 aromatic heterocycles. The highest BCUT2D eigenvalue weighted by Gasteiger charge is 2.18. The molecule has 0 spiro atoms. The van der Waals surface area contributed by atoms with Crippen LogP contribution in [0.2, 0.25) is 0 Å². The molecule has 1 aliphatic carbocycles. The Morgan fingerprint density at radius 2 is 2.00 bits per heavy atom. The highest BCUT2D eigenvalue weighted by molar-refractivity contribution is 5.12. The molecule has 0 nitrogen and oxygen atoms in total. The summed E-state index contributed by atoms with van der Waals surface area (Å²) in [5.74, 6) is 1.51. The Balaban J connectivity index is 0.000000671. The highest BCUT2D eigenvalue weighted by atomic mass is 14.2. The van der Waals surface area contributed by atoms with Gasteiger partial charge in [0.2, 0.25) is 0 Å². The normalized spacial score (nSPS) is 27.0. The predicted molar refractivity (Wildman–Crippen MR) is 61.8 cm³/mol. The van der Waals surface area contributed by atoms with Crippen LogP contribution in [0.3, 0.4) is 0 Å². The maximum atomic E-state index is 4.01. The van der Waals surface area contributed by atoms with E-state index in [1.54, 1.807) is 5.57 Å². The minimum Gasteiger partial charge on any atom is -0.0998 e. The summed E-state index contributed by atoms with van der Waals surface area (Å²) in [7, 11) is 0. The third kappa shape index (κ3) is 3.80. The Bertz CT molecular complexity index is 186. The van der Waals surface area contributed by atoms with Gasteiger partial charge in [-0.3, -0.25) is 0 Å². The standard InChI is InChI=1S/C11H18.C2H6/c1-8(2)11-6-5-9(3)10(4)7-11;1-2/h5,10-11H,1,6-7H2,2-4H3;1-2H3/t10?,11-;/m1./s1. The summed E-state index contributed by atoms with van der Waals surface area (Å²) in [6, 6.07) is 0. The van der Waals surface area contributed by atoms with E-state index < -0.39 is 0 Å². The van der Waals surface area contributed by atoms with Crippen molar-refractivity contribution < 1.29 is 0 Å². The van der Waals surface area contributed by atoms with Gasteiger partial charge in [-0.15, -0.1) is 0 Å². The van der Waals surface area contributed by atoms with Crippen LogP contribution < -0.4 is 0 Å². The maximum Gasteiger partial charge on any atom is -0.0168 e. The SMILES string of the molecule is C=C(C)[C@@H]1CC=C(C)C(C)C1.CC. The van der Waals surface area contributed by atoms with Gasteiger partial charge in [-0.25, -0.2) is 0 Å². The topological polar surface area (TPSA) is 0 Å². The van der Waals surface area contributed by atoms with Crippen LogP contribution in [0, 0.1) is 11.8 Å². The van der Waals surface area contributed by atoms with Crippen LogP contribution in [0.25, 0.3) is 0 Å². The summed E-state index contributed by atoms with van der Waals surface area (Å²) < 4.78 is 0. The molecule has 0 aliphatic heterocycles. The van der Waals surface area contributed by atoms with Gasteiger partial charge in [0.25, 0.3) is 0 Å². The second-order valence-corrected chi connectivity index (χ2v) is 3.86. The van der Waals surface area contributed by atoms with Crippen molar-refractivity contribution in [3.63, 3.8) is 0 Å². The predicted octanol–water partition coefficient (Wildman–Crippen LogP) is 4.58. The van der Waals surface area contributed by atoms with Crippen LogP contribution in [0.4, 0.5) is 0 Å². The van der Waals surface area contributed by atoms with E-state index in [1.165, 1.54) is 18.4 Å². The first-order valence-electron chi connectivity index (χ1n) is 5.43. The monoisotopic (exact) mass is 180 g/mol. The maximum absolute atomic E-state index is 4.01. The smallest absolute Gasteiger partial charge is 0.0168 e. The van der Waals surface area contributed by atoms with Crippen molar-refractivity contribution in [1.29, 1.82) is 0 Å². The molecule has 76 valence electrons. The van der Waals surface area contributed by atoms with Gasteiger partial charge in [0.05, 0.1) is 0 Å². The summed E-state index contributed by atoms with van der Waals surface area (Å²) >= 11 is 0. The van der Waals surface area contributed by atoms with Crippen LogP contribution in [0.1, 0.15) is 47.5 Å². The Labute approximate surface area is 83.7 Å². The third-order valence-corrected chi connectivity index (χ3v) is 2.84. The fraction of sp³-hybridized carbons (Fsp3) is 0.692. The molecule has 0 heterocycles. The molecule has 0 heteroatoms. The van der Waals surface area contributed by atoms with E-state index in [4.69, 9.17) is 0 Å². The number of hydrogen-bond acceptors (Lipinski definition) is 0. The lowest BCUT2D eigenvalue weighted by Crippen LogP contribution is -2.12. The van der Waals surface area contributed by atoms with E-state index >= 15 is 0 Å². The first-order valence-corrected chi connectivity index (χ1v) is 5.43. The molecule has 0 aromatic carbocycles. The molecule has 0 amide bonds. The van der Waals surface area contributed by atoms with Gasteiger partial charge in [-0.2, -0.15) is 0 Å². The highest BCUT2D eigenvalue weighted by Crippen LogP contribution is 2.31. The second kappa shape index (κ2) is 6.01. The molecule has 13 heavy (non-hydrogen) atoms. The van der Waals surface area contributed by atoms with Crippen molar-refractivity contribution in [2.75, 3.05) is 0 Å². The molecule has 1 rings (SSSR count). The molecule has 0 bridgehead atoms. The van der Waals surface area contributed by atoms with E-state index in [9.17, 15) is 0 Å². The summed E-state index contributed by atoms with van der Waals surface area (Å²) in [5.41, 5.74) is 2.91. The van der Waals surface area contributed by atoms with Crippen molar-refractivity contribution in [3.8, 4) is 0 Å². The van der Waals surface area contributed by atoms with Gasteiger partial charge < -0.3 is 0 Å². The van der Waals surface area contributed by atoms with E-state index in [1.807, 2.05) is 13.8 Å². The Morgan fingerprint density at radius 3 is 2.38 bits per heavy atom. The van der Waals surface area contributed by atoms with Gasteiger partial charge in [-0.05, 0) is 38.5 Å². The zero-order valence-electron chi connectivity index (χ0n) is 9.85. The van der Waals surface area contributed by atoms with Crippen LogP contribution in [0.5, 0.6) is 0 Å². The van der Waals surface area contributed by atoms with Crippen molar-refractivity contribution in [2.24, 2.45) is 11.8 Å². The molecule has 0 aromatic rings. The van der Waals surface area contributed by atoms with Crippen molar-refractivity contribution in [2.45, 2.75) is 47.5 Å². The number of hydrogen-bond donors (Lipinski definition) is 0. The van der Waals surface area contributed by atoms with Gasteiger partial charge in [0.15, 0.2) is 0 Å². The first kappa shape index (κ1) is 12.5. The second-order valence-electron chi connectivity index (χ2n) is 3.86. The number of rotatable bonds is 1. The van der Waals surface area contributed by atoms with Crippen molar-refractivity contribution >= 4 is 0 Å². The van der Waals surface area contributed by atoms with E-state index in [0.29, 0.717) is 0 Å².